The number of piperazine rings is 1. The molecule has 2 aliphatic heterocycles. The summed E-state index contributed by atoms with van der Waals surface area (Å²) in [6, 6.07) is 7.96. The topological polar surface area (TPSA) is 69.6 Å². The number of carbonyl (C=O) groups excluding carboxylic acids is 2. The van der Waals surface area contributed by atoms with Crippen LogP contribution in [0.4, 0.5) is 11.5 Å². The number of hydrogen-bond donors (Lipinski definition) is 0. The minimum Gasteiger partial charge on any atom is -0.352 e. The van der Waals surface area contributed by atoms with Gasteiger partial charge in [-0.15, -0.1) is 0 Å². The summed E-state index contributed by atoms with van der Waals surface area (Å²) >= 11 is 0. The highest BCUT2D eigenvalue weighted by Crippen LogP contribution is 2.28. The molecule has 0 bridgehead atoms. The zero-order valence-corrected chi connectivity index (χ0v) is 14.8. The van der Waals surface area contributed by atoms with Gasteiger partial charge in [-0.05, 0) is 18.1 Å². The van der Waals surface area contributed by atoms with Crippen molar-refractivity contribution < 1.29 is 9.59 Å². The van der Waals surface area contributed by atoms with Gasteiger partial charge in [-0.2, -0.15) is 0 Å². The van der Waals surface area contributed by atoms with Crippen molar-refractivity contribution in [2.24, 2.45) is 0 Å². The molecule has 0 saturated carbocycles. The number of fused-ring (bicyclic) bond motifs is 1. The van der Waals surface area contributed by atoms with Gasteiger partial charge in [0.2, 0.25) is 5.91 Å². The molecule has 0 aliphatic carbocycles. The molecule has 2 aromatic rings. The van der Waals surface area contributed by atoms with Crippen molar-refractivity contribution in [3.05, 3.63) is 47.9 Å². The van der Waals surface area contributed by atoms with Gasteiger partial charge in [0.15, 0.2) is 0 Å². The molecule has 4 rings (SSSR count). The number of anilines is 2. The molecule has 1 aromatic carbocycles. The highest BCUT2D eigenvalue weighted by Gasteiger charge is 2.26. The summed E-state index contributed by atoms with van der Waals surface area (Å²) in [5, 5.41) is 0. The molecule has 7 nitrogen and oxygen atoms in total. The molecule has 134 valence electrons. The second-order valence-corrected chi connectivity index (χ2v) is 6.59. The minimum absolute atomic E-state index is 0.0996. The van der Waals surface area contributed by atoms with Crippen molar-refractivity contribution in [3.63, 3.8) is 0 Å². The SMILES string of the molecule is CC(=O)N1CCN(c2cnc(C(=O)N3CCc4ccccc43)cn2)CC1. The quantitative estimate of drug-likeness (QED) is 0.817. The first-order chi connectivity index (χ1) is 12.6. The summed E-state index contributed by atoms with van der Waals surface area (Å²) in [5.41, 5.74) is 2.50. The Morgan fingerprint density at radius 2 is 1.73 bits per heavy atom. The van der Waals surface area contributed by atoms with Crippen LogP contribution in [0, 0.1) is 0 Å². The molecule has 26 heavy (non-hydrogen) atoms. The van der Waals surface area contributed by atoms with Gasteiger partial charge in [0, 0.05) is 45.3 Å². The van der Waals surface area contributed by atoms with E-state index in [-0.39, 0.29) is 11.8 Å². The van der Waals surface area contributed by atoms with Crippen LogP contribution >= 0.6 is 0 Å². The van der Waals surface area contributed by atoms with E-state index < -0.39 is 0 Å². The Morgan fingerprint density at radius 1 is 0.962 bits per heavy atom. The van der Waals surface area contributed by atoms with Gasteiger partial charge in [0.1, 0.15) is 11.5 Å². The van der Waals surface area contributed by atoms with Crippen LogP contribution in [0.2, 0.25) is 0 Å². The molecule has 0 atom stereocenters. The standard InChI is InChI=1S/C19H21N5O2/c1-14(25)22-8-10-23(11-9-22)18-13-20-16(12-21-18)19(26)24-7-6-15-4-2-3-5-17(15)24/h2-5,12-13H,6-11H2,1H3. The Bertz CT molecular complexity index is 828. The van der Waals surface area contributed by atoms with Crippen LogP contribution < -0.4 is 9.80 Å². The normalized spacial score (nSPS) is 16.6. The van der Waals surface area contributed by atoms with Crippen molar-refractivity contribution in [2.75, 3.05) is 42.5 Å². The smallest absolute Gasteiger partial charge is 0.278 e. The first kappa shape index (κ1) is 16.5. The first-order valence-corrected chi connectivity index (χ1v) is 8.86. The van der Waals surface area contributed by atoms with E-state index in [1.807, 2.05) is 23.1 Å². The molecule has 3 heterocycles. The van der Waals surface area contributed by atoms with Gasteiger partial charge in [-0.3, -0.25) is 9.59 Å². The van der Waals surface area contributed by atoms with Crippen molar-refractivity contribution in [1.82, 2.24) is 14.9 Å². The zero-order valence-electron chi connectivity index (χ0n) is 14.8. The second kappa shape index (κ2) is 6.74. The van der Waals surface area contributed by atoms with E-state index in [0.717, 1.165) is 31.0 Å². The summed E-state index contributed by atoms with van der Waals surface area (Å²) in [5.74, 6) is 0.726. The Labute approximate surface area is 152 Å². The van der Waals surface area contributed by atoms with Gasteiger partial charge >= 0.3 is 0 Å². The molecule has 0 spiro atoms. The highest BCUT2D eigenvalue weighted by atomic mass is 16.2. The monoisotopic (exact) mass is 351 g/mol. The van der Waals surface area contributed by atoms with Crippen LogP contribution in [0.1, 0.15) is 23.0 Å². The van der Waals surface area contributed by atoms with Crippen LogP contribution in [0.25, 0.3) is 0 Å². The van der Waals surface area contributed by atoms with Crippen LogP contribution in [0.3, 0.4) is 0 Å². The highest BCUT2D eigenvalue weighted by molar-refractivity contribution is 6.05. The maximum Gasteiger partial charge on any atom is 0.278 e. The minimum atomic E-state index is -0.115. The fraction of sp³-hybridized carbons (Fsp3) is 0.368. The van der Waals surface area contributed by atoms with E-state index in [1.165, 1.54) is 5.56 Å². The molecule has 1 aromatic heterocycles. The molecule has 0 unspecified atom stereocenters. The van der Waals surface area contributed by atoms with Crippen LogP contribution in [0.15, 0.2) is 36.7 Å². The molecular weight excluding hydrogens is 330 g/mol. The van der Waals surface area contributed by atoms with Crippen LogP contribution in [0.5, 0.6) is 0 Å². The molecule has 2 aliphatic rings. The number of para-hydroxylation sites is 1. The number of carbonyl (C=O) groups is 2. The third-order valence-corrected chi connectivity index (χ3v) is 5.04. The van der Waals surface area contributed by atoms with E-state index in [0.29, 0.717) is 25.3 Å². The van der Waals surface area contributed by atoms with Gasteiger partial charge in [0.25, 0.3) is 5.91 Å². The fourth-order valence-electron chi connectivity index (χ4n) is 3.53. The lowest BCUT2D eigenvalue weighted by atomic mass is 10.2. The predicted molar refractivity (Wildman–Crippen MR) is 98.3 cm³/mol. The molecule has 0 N–H and O–H groups in total. The Morgan fingerprint density at radius 3 is 2.42 bits per heavy atom. The molecule has 0 radical (unpaired) electrons. The molecule has 1 fully saturated rings. The van der Waals surface area contributed by atoms with E-state index in [2.05, 4.69) is 20.9 Å². The van der Waals surface area contributed by atoms with Crippen LogP contribution in [-0.4, -0.2) is 59.4 Å². The molecule has 2 amide bonds. The average molecular weight is 351 g/mol. The predicted octanol–water partition coefficient (Wildman–Crippen LogP) is 1.35. The van der Waals surface area contributed by atoms with E-state index in [9.17, 15) is 9.59 Å². The van der Waals surface area contributed by atoms with Gasteiger partial charge in [-0.1, -0.05) is 18.2 Å². The fourth-order valence-corrected chi connectivity index (χ4v) is 3.53. The Kier molecular flexibility index (Phi) is 4.28. The number of benzene rings is 1. The Hall–Kier alpha value is -2.96. The van der Waals surface area contributed by atoms with E-state index in [1.54, 1.807) is 24.2 Å². The summed E-state index contributed by atoms with van der Waals surface area (Å²) in [6.45, 7) is 5.08. The van der Waals surface area contributed by atoms with E-state index in [4.69, 9.17) is 0 Å². The number of rotatable bonds is 2. The maximum atomic E-state index is 12.8. The number of nitrogens with zero attached hydrogens (tertiary/aromatic N) is 5. The lowest BCUT2D eigenvalue weighted by Gasteiger charge is -2.34. The summed E-state index contributed by atoms with van der Waals surface area (Å²) in [7, 11) is 0. The number of aromatic nitrogens is 2. The second-order valence-electron chi connectivity index (χ2n) is 6.59. The molecular formula is C19H21N5O2. The Balaban J connectivity index is 1.45. The maximum absolute atomic E-state index is 12.8. The van der Waals surface area contributed by atoms with Gasteiger partial charge < -0.3 is 14.7 Å². The third-order valence-electron chi connectivity index (χ3n) is 5.04. The third kappa shape index (κ3) is 3.00. The number of hydrogen-bond acceptors (Lipinski definition) is 5. The average Bonchev–Trinajstić information content (AvgIpc) is 3.12. The largest absolute Gasteiger partial charge is 0.352 e. The number of amides is 2. The lowest BCUT2D eigenvalue weighted by Crippen LogP contribution is -2.48. The van der Waals surface area contributed by atoms with Crippen molar-refractivity contribution in [1.29, 1.82) is 0 Å². The zero-order chi connectivity index (χ0) is 18.1. The lowest BCUT2D eigenvalue weighted by molar-refractivity contribution is -0.129. The van der Waals surface area contributed by atoms with E-state index >= 15 is 0 Å². The summed E-state index contributed by atoms with van der Waals surface area (Å²) < 4.78 is 0. The van der Waals surface area contributed by atoms with Gasteiger partial charge in [-0.25, -0.2) is 9.97 Å². The first-order valence-electron chi connectivity index (χ1n) is 8.86. The van der Waals surface area contributed by atoms with Crippen molar-refractivity contribution >= 4 is 23.3 Å². The van der Waals surface area contributed by atoms with Crippen molar-refractivity contribution in [3.8, 4) is 0 Å². The molecule has 7 heteroatoms. The molecule has 1 saturated heterocycles. The van der Waals surface area contributed by atoms with Crippen molar-refractivity contribution in [2.45, 2.75) is 13.3 Å². The summed E-state index contributed by atoms with van der Waals surface area (Å²) in [6.07, 6.45) is 4.07. The summed E-state index contributed by atoms with van der Waals surface area (Å²) in [4.78, 5) is 38.7. The van der Waals surface area contributed by atoms with Crippen LogP contribution in [-0.2, 0) is 11.2 Å². The van der Waals surface area contributed by atoms with Gasteiger partial charge in [0.05, 0.1) is 12.4 Å².